The molecule has 5 nitrogen and oxygen atoms in total. The highest BCUT2D eigenvalue weighted by atomic mass is 32.2. The Bertz CT molecular complexity index is 666. The Morgan fingerprint density at radius 2 is 2.05 bits per heavy atom. The summed E-state index contributed by atoms with van der Waals surface area (Å²) in [6.45, 7) is 1.95. The third kappa shape index (κ3) is 4.16. The van der Waals surface area contributed by atoms with E-state index in [0.717, 1.165) is 36.1 Å². The Morgan fingerprint density at radius 1 is 1.14 bits per heavy atom. The number of nitrogens with one attached hydrogen (secondary N) is 1. The van der Waals surface area contributed by atoms with Crippen LogP contribution in [0.25, 0.3) is 5.69 Å². The minimum atomic E-state index is 0.837. The van der Waals surface area contributed by atoms with E-state index < -0.39 is 0 Å². The summed E-state index contributed by atoms with van der Waals surface area (Å²) in [6, 6.07) is 14.2. The maximum absolute atomic E-state index is 4.10. The van der Waals surface area contributed by atoms with Crippen LogP contribution in [0.2, 0.25) is 0 Å². The van der Waals surface area contributed by atoms with Crippen LogP contribution < -0.4 is 5.32 Å². The Kier molecular flexibility index (Phi) is 5.58. The standard InChI is InChI=1S/C15H17N5S2/c1-2-6-13(7-3-1)20-15(17-18-19-20)22-11-5-9-16-12-14-8-4-10-21-14/h1-4,6-8,10,16H,5,9,11-12H2. The molecule has 0 aliphatic rings. The van der Waals surface area contributed by atoms with Gasteiger partial charge in [-0.15, -0.1) is 16.4 Å². The van der Waals surface area contributed by atoms with Gasteiger partial charge in [0, 0.05) is 17.2 Å². The van der Waals surface area contributed by atoms with Gasteiger partial charge in [-0.25, -0.2) is 0 Å². The molecule has 0 radical (unpaired) electrons. The molecule has 0 amide bonds. The number of aromatic nitrogens is 4. The SMILES string of the molecule is c1ccc(-n2nnnc2SCCCNCc2cccs2)cc1. The van der Waals surface area contributed by atoms with Gasteiger partial charge in [-0.2, -0.15) is 4.68 Å². The lowest BCUT2D eigenvalue weighted by Crippen LogP contribution is -2.14. The van der Waals surface area contributed by atoms with Crippen LogP contribution in [-0.4, -0.2) is 32.5 Å². The molecule has 0 aliphatic heterocycles. The Labute approximate surface area is 137 Å². The highest BCUT2D eigenvalue weighted by molar-refractivity contribution is 7.99. The van der Waals surface area contributed by atoms with Crippen LogP contribution in [0.15, 0.2) is 53.0 Å². The number of tetrazole rings is 1. The maximum Gasteiger partial charge on any atom is 0.214 e. The van der Waals surface area contributed by atoms with E-state index in [1.54, 1.807) is 27.8 Å². The molecule has 0 spiro atoms. The third-order valence-electron chi connectivity index (χ3n) is 3.05. The Morgan fingerprint density at radius 3 is 2.86 bits per heavy atom. The van der Waals surface area contributed by atoms with Crippen LogP contribution in [0.3, 0.4) is 0 Å². The highest BCUT2D eigenvalue weighted by Crippen LogP contribution is 2.18. The van der Waals surface area contributed by atoms with E-state index in [1.165, 1.54) is 4.88 Å². The van der Waals surface area contributed by atoms with E-state index in [4.69, 9.17) is 0 Å². The average molecular weight is 331 g/mol. The summed E-state index contributed by atoms with van der Waals surface area (Å²) in [5.74, 6) is 0.991. The summed E-state index contributed by atoms with van der Waals surface area (Å²) in [4.78, 5) is 1.38. The molecule has 1 aromatic carbocycles. The molecule has 0 unspecified atom stereocenters. The molecule has 2 aromatic heterocycles. The monoisotopic (exact) mass is 331 g/mol. The number of benzene rings is 1. The van der Waals surface area contributed by atoms with Gasteiger partial charge in [-0.05, 0) is 47.0 Å². The van der Waals surface area contributed by atoms with E-state index >= 15 is 0 Å². The molecule has 0 bridgehead atoms. The molecule has 3 rings (SSSR count). The fourth-order valence-electron chi connectivity index (χ4n) is 1.99. The molecular weight excluding hydrogens is 314 g/mol. The number of thioether (sulfide) groups is 1. The molecule has 0 atom stereocenters. The van der Waals surface area contributed by atoms with Crippen molar-refractivity contribution in [3.05, 3.63) is 52.7 Å². The molecule has 2 heterocycles. The predicted molar refractivity (Wildman–Crippen MR) is 90.5 cm³/mol. The first kappa shape index (κ1) is 15.2. The Balaban J connectivity index is 1.42. The van der Waals surface area contributed by atoms with Gasteiger partial charge in [-0.1, -0.05) is 36.0 Å². The van der Waals surface area contributed by atoms with Crippen molar-refractivity contribution in [1.82, 2.24) is 25.5 Å². The minimum absolute atomic E-state index is 0.837. The normalized spacial score (nSPS) is 10.9. The minimum Gasteiger partial charge on any atom is -0.312 e. The second-order valence-corrected chi connectivity index (χ2v) is 6.76. The molecule has 0 saturated heterocycles. The fraction of sp³-hybridized carbons (Fsp3) is 0.267. The average Bonchev–Trinajstić information content (AvgIpc) is 3.23. The number of nitrogens with zero attached hydrogens (tertiary/aromatic N) is 4. The van der Waals surface area contributed by atoms with Gasteiger partial charge in [0.1, 0.15) is 0 Å². The first-order valence-electron chi connectivity index (χ1n) is 7.13. The van der Waals surface area contributed by atoms with E-state index in [1.807, 2.05) is 30.3 Å². The zero-order chi connectivity index (χ0) is 15.0. The van der Waals surface area contributed by atoms with Crippen LogP contribution in [0.5, 0.6) is 0 Å². The third-order valence-corrected chi connectivity index (χ3v) is 4.93. The van der Waals surface area contributed by atoms with Gasteiger partial charge in [0.2, 0.25) is 5.16 Å². The smallest absolute Gasteiger partial charge is 0.214 e. The summed E-state index contributed by atoms with van der Waals surface area (Å²) >= 11 is 3.47. The van der Waals surface area contributed by atoms with Gasteiger partial charge in [0.05, 0.1) is 5.69 Å². The summed E-state index contributed by atoms with van der Waals surface area (Å²) in [5, 5.41) is 18.3. The number of hydrogen-bond acceptors (Lipinski definition) is 6. The molecule has 7 heteroatoms. The van der Waals surface area contributed by atoms with E-state index in [-0.39, 0.29) is 0 Å². The fourth-order valence-corrected chi connectivity index (χ4v) is 3.49. The number of hydrogen-bond donors (Lipinski definition) is 1. The second-order valence-electron chi connectivity index (χ2n) is 4.67. The number of thiophene rings is 1. The molecule has 3 aromatic rings. The Hall–Kier alpha value is -1.70. The first-order valence-corrected chi connectivity index (χ1v) is 9.00. The summed E-state index contributed by atoms with van der Waals surface area (Å²) in [6.07, 6.45) is 1.08. The first-order chi connectivity index (χ1) is 10.9. The van der Waals surface area contributed by atoms with Crippen molar-refractivity contribution in [2.45, 2.75) is 18.1 Å². The highest BCUT2D eigenvalue weighted by Gasteiger charge is 2.07. The van der Waals surface area contributed by atoms with Gasteiger partial charge in [0.15, 0.2) is 0 Å². The lowest BCUT2D eigenvalue weighted by molar-refractivity contribution is 0.684. The topological polar surface area (TPSA) is 55.6 Å². The molecule has 1 N–H and O–H groups in total. The van der Waals surface area contributed by atoms with Crippen molar-refractivity contribution < 1.29 is 0 Å². The van der Waals surface area contributed by atoms with Crippen molar-refractivity contribution in [1.29, 1.82) is 0 Å². The largest absolute Gasteiger partial charge is 0.312 e. The molecule has 0 aliphatic carbocycles. The molecular formula is C15H17N5S2. The summed E-state index contributed by atoms with van der Waals surface area (Å²) in [5.41, 5.74) is 0.992. The quantitative estimate of drug-likeness (QED) is 0.508. The van der Waals surface area contributed by atoms with Crippen LogP contribution >= 0.6 is 23.1 Å². The number of rotatable bonds is 8. The van der Waals surface area contributed by atoms with Gasteiger partial charge >= 0.3 is 0 Å². The lowest BCUT2D eigenvalue weighted by atomic mass is 10.3. The van der Waals surface area contributed by atoms with E-state index in [2.05, 4.69) is 38.4 Å². The van der Waals surface area contributed by atoms with Crippen molar-refractivity contribution >= 4 is 23.1 Å². The van der Waals surface area contributed by atoms with Gasteiger partial charge in [-0.3, -0.25) is 0 Å². The maximum atomic E-state index is 4.10. The molecule has 22 heavy (non-hydrogen) atoms. The summed E-state index contributed by atoms with van der Waals surface area (Å²) < 4.78 is 1.78. The van der Waals surface area contributed by atoms with Crippen LogP contribution in [0.4, 0.5) is 0 Å². The van der Waals surface area contributed by atoms with E-state index in [9.17, 15) is 0 Å². The molecule has 0 fully saturated rings. The summed E-state index contributed by atoms with van der Waals surface area (Å²) in [7, 11) is 0. The zero-order valence-electron chi connectivity index (χ0n) is 12.1. The second kappa shape index (κ2) is 8.07. The zero-order valence-corrected chi connectivity index (χ0v) is 13.7. The predicted octanol–water partition coefficient (Wildman–Crippen LogP) is 3.00. The molecule has 0 saturated carbocycles. The molecule has 114 valence electrons. The van der Waals surface area contributed by atoms with Crippen LogP contribution in [-0.2, 0) is 6.54 Å². The number of para-hydroxylation sites is 1. The van der Waals surface area contributed by atoms with E-state index in [0.29, 0.717) is 0 Å². The van der Waals surface area contributed by atoms with Crippen molar-refractivity contribution in [3.63, 3.8) is 0 Å². The van der Waals surface area contributed by atoms with Crippen LogP contribution in [0, 0.1) is 0 Å². The van der Waals surface area contributed by atoms with Crippen molar-refractivity contribution in [2.75, 3.05) is 12.3 Å². The van der Waals surface area contributed by atoms with Gasteiger partial charge in [0.25, 0.3) is 0 Å². The van der Waals surface area contributed by atoms with Crippen molar-refractivity contribution in [3.8, 4) is 5.69 Å². The van der Waals surface area contributed by atoms with Crippen LogP contribution in [0.1, 0.15) is 11.3 Å². The van der Waals surface area contributed by atoms with Gasteiger partial charge < -0.3 is 5.32 Å². The lowest BCUT2D eigenvalue weighted by Gasteiger charge is -2.04. The van der Waals surface area contributed by atoms with Crippen molar-refractivity contribution in [2.24, 2.45) is 0 Å².